The van der Waals surface area contributed by atoms with Crippen LogP contribution in [0.3, 0.4) is 0 Å². The summed E-state index contributed by atoms with van der Waals surface area (Å²) < 4.78 is 0. The van der Waals surface area contributed by atoms with Crippen LogP contribution in [0.15, 0.2) is 48.7 Å². The van der Waals surface area contributed by atoms with Gasteiger partial charge in [-0.3, -0.25) is 0 Å². The minimum Gasteiger partial charge on any atom is -0.356 e. The Labute approximate surface area is 114 Å². The third-order valence-electron chi connectivity index (χ3n) is 3.31. The van der Waals surface area contributed by atoms with E-state index < -0.39 is 0 Å². The summed E-state index contributed by atoms with van der Waals surface area (Å²) in [5.74, 6) is 7.49. The Morgan fingerprint density at radius 3 is 2.47 bits per heavy atom. The number of hydrogen-bond donors (Lipinski definition) is 0. The van der Waals surface area contributed by atoms with Crippen LogP contribution in [0.4, 0.5) is 5.82 Å². The van der Waals surface area contributed by atoms with Crippen molar-refractivity contribution in [3.63, 3.8) is 0 Å². The largest absolute Gasteiger partial charge is 0.356 e. The Bertz CT molecular complexity index is 602. The standard InChI is InChI=1S/C17H16N2/c1-2-7-15(8-3-1)10-11-16-9-6-12-18-17(16)19-13-4-5-14-19/h1-3,6-9,12H,4-5,13-14H2. The van der Waals surface area contributed by atoms with Gasteiger partial charge < -0.3 is 4.90 Å². The van der Waals surface area contributed by atoms with Gasteiger partial charge in [-0.2, -0.15) is 0 Å². The quantitative estimate of drug-likeness (QED) is 0.721. The van der Waals surface area contributed by atoms with Gasteiger partial charge in [-0.1, -0.05) is 30.0 Å². The van der Waals surface area contributed by atoms with Crippen molar-refractivity contribution in [3.8, 4) is 11.8 Å². The summed E-state index contributed by atoms with van der Waals surface area (Å²) in [7, 11) is 0. The lowest BCUT2D eigenvalue weighted by Crippen LogP contribution is -2.20. The molecule has 94 valence electrons. The molecule has 0 spiro atoms. The molecule has 2 nitrogen and oxygen atoms in total. The molecule has 0 radical (unpaired) electrons. The molecule has 2 heteroatoms. The van der Waals surface area contributed by atoms with E-state index in [1.165, 1.54) is 12.8 Å². The van der Waals surface area contributed by atoms with E-state index in [2.05, 4.69) is 27.8 Å². The minimum atomic E-state index is 1.02. The molecule has 0 saturated carbocycles. The van der Waals surface area contributed by atoms with Crippen LogP contribution in [0, 0.1) is 11.8 Å². The third-order valence-corrected chi connectivity index (χ3v) is 3.31. The maximum atomic E-state index is 4.50. The van der Waals surface area contributed by atoms with E-state index in [0.29, 0.717) is 0 Å². The van der Waals surface area contributed by atoms with E-state index >= 15 is 0 Å². The van der Waals surface area contributed by atoms with Gasteiger partial charge in [-0.25, -0.2) is 4.98 Å². The van der Waals surface area contributed by atoms with Crippen LogP contribution < -0.4 is 4.90 Å². The summed E-state index contributed by atoms with van der Waals surface area (Å²) in [6.45, 7) is 2.19. The Hall–Kier alpha value is -2.27. The zero-order valence-corrected chi connectivity index (χ0v) is 10.8. The second kappa shape index (κ2) is 5.58. The van der Waals surface area contributed by atoms with E-state index in [-0.39, 0.29) is 0 Å². The molecular formula is C17H16N2. The Morgan fingerprint density at radius 1 is 0.895 bits per heavy atom. The van der Waals surface area contributed by atoms with Crippen molar-refractivity contribution in [1.82, 2.24) is 4.98 Å². The molecule has 1 fully saturated rings. The predicted octanol–water partition coefficient (Wildman–Crippen LogP) is 3.08. The molecule has 1 saturated heterocycles. The van der Waals surface area contributed by atoms with Crippen molar-refractivity contribution in [1.29, 1.82) is 0 Å². The van der Waals surface area contributed by atoms with Crippen molar-refractivity contribution in [2.24, 2.45) is 0 Å². The normalized spacial score (nSPS) is 14.0. The first-order chi connectivity index (χ1) is 9.43. The highest BCUT2D eigenvalue weighted by Gasteiger charge is 2.15. The highest BCUT2D eigenvalue weighted by atomic mass is 15.2. The average Bonchev–Trinajstić information content (AvgIpc) is 3.01. The fraction of sp³-hybridized carbons (Fsp3) is 0.235. The second-order valence-electron chi connectivity index (χ2n) is 4.68. The number of nitrogens with zero attached hydrogens (tertiary/aromatic N) is 2. The molecule has 0 amide bonds. The summed E-state index contributed by atoms with van der Waals surface area (Å²) in [6, 6.07) is 14.1. The first-order valence-electron chi connectivity index (χ1n) is 6.70. The molecule has 0 bridgehead atoms. The van der Waals surface area contributed by atoms with E-state index in [0.717, 1.165) is 30.0 Å². The zero-order valence-electron chi connectivity index (χ0n) is 10.8. The Morgan fingerprint density at radius 2 is 1.68 bits per heavy atom. The molecular weight excluding hydrogens is 232 g/mol. The van der Waals surface area contributed by atoms with Crippen molar-refractivity contribution in [3.05, 3.63) is 59.8 Å². The van der Waals surface area contributed by atoms with E-state index in [9.17, 15) is 0 Å². The predicted molar refractivity (Wildman–Crippen MR) is 78.1 cm³/mol. The van der Waals surface area contributed by atoms with E-state index in [4.69, 9.17) is 0 Å². The molecule has 1 aromatic heterocycles. The van der Waals surface area contributed by atoms with Gasteiger partial charge in [0, 0.05) is 24.8 Å². The monoisotopic (exact) mass is 248 g/mol. The maximum Gasteiger partial charge on any atom is 0.144 e. The van der Waals surface area contributed by atoms with Gasteiger partial charge in [0.15, 0.2) is 0 Å². The molecule has 1 aromatic carbocycles. The number of anilines is 1. The van der Waals surface area contributed by atoms with Gasteiger partial charge in [-0.15, -0.1) is 0 Å². The molecule has 2 aromatic rings. The zero-order chi connectivity index (χ0) is 12.9. The van der Waals surface area contributed by atoms with Crippen LogP contribution in [0.25, 0.3) is 0 Å². The van der Waals surface area contributed by atoms with Crippen molar-refractivity contribution >= 4 is 5.82 Å². The fourth-order valence-corrected chi connectivity index (χ4v) is 2.34. The fourth-order valence-electron chi connectivity index (χ4n) is 2.34. The summed E-state index contributed by atoms with van der Waals surface area (Å²) >= 11 is 0. The summed E-state index contributed by atoms with van der Waals surface area (Å²) in [4.78, 5) is 6.82. The van der Waals surface area contributed by atoms with Crippen LogP contribution in [0.1, 0.15) is 24.0 Å². The van der Waals surface area contributed by atoms with Crippen LogP contribution in [-0.4, -0.2) is 18.1 Å². The first-order valence-corrected chi connectivity index (χ1v) is 6.70. The van der Waals surface area contributed by atoms with Gasteiger partial charge >= 0.3 is 0 Å². The lowest BCUT2D eigenvalue weighted by atomic mass is 10.2. The van der Waals surface area contributed by atoms with Gasteiger partial charge in [0.05, 0.1) is 5.56 Å². The lowest BCUT2D eigenvalue weighted by molar-refractivity contribution is 0.934. The van der Waals surface area contributed by atoms with Crippen LogP contribution >= 0.6 is 0 Å². The van der Waals surface area contributed by atoms with Crippen LogP contribution in [0.2, 0.25) is 0 Å². The summed E-state index contributed by atoms with van der Waals surface area (Å²) in [5, 5.41) is 0. The van der Waals surface area contributed by atoms with E-state index in [1.54, 1.807) is 0 Å². The van der Waals surface area contributed by atoms with E-state index in [1.807, 2.05) is 42.6 Å². The number of pyridine rings is 1. The summed E-state index contributed by atoms with van der Waals surface area (Å²) in [5.41, 5.74) is 2.06. The lowest BCUT2D eigenvalue weighted by Gasteiger charge is -2.17. The van der Waals surface area contributed by atoms with Gasteiger partial charge in [0.1, 0.15) is 5.82 Å². The average molecular weight is 248 g/mol. The van der Waals surface area contributed by atoms with Gasteiger partial charge in [0.2, 0.25) is 0 Å². The Kier molecular flexibility index (Phi) is 3.47. The second-order valence-corrected chi connectivity index (χ2v) is 4.68. The molecule has 0 aliphatic carbocycles. The topological polar surface area (TPSA) is 16.1 Å². The minimum absolute atomic E-state index is 1.02. The number of benzene rings is 1. The molecule has 3 rings (SSSR count). The number of rotatable bonds is 1. The smallest absolute Gasteiger partial charge is 0.144 e. The van der Waals surface area contributed by atoms with Gasteiger partial charge in [0.25, 0.3) is 0 Å². The summed E-state index contributed by atoms with van der Waals surface area (Å²) in [6.07, 6.45) is 4.35. The molecule has 1 aliphatic rings. The molecule has 0 atom stereocenters. The number of hydrogen-bond acceptors (Lipinski definition) is 2. The molecule has 1 aliphatic heterocycles. The van der Waals surface area contributed by atoms with Crippen LogP contribution in [0.5, 0.6) is 0 Å². The SMILES string of the molecule is C(#Cc1cccnc1N1CCCC1)c1ccccc1. The Balaban J connectivity index is 1.91. The van der Waals surface area contributed by atoms with Crippen molar-refractivity contribution in [2.45, 2.75) is 12.8 Å². The molecule has 19 heavy (non-hydrogen) atoms. The van der Waals surface area contributed by atoms with Crippen LogP contribution in [-0.2, 0) is 0 Å². The maximum absolute atomic E-state index is 4.50. The van der Waals surface area contributed by atoms with Gasteiger partial charge in [-0.05, 0) is 37.1 Å². The van der Waals surface area contributed by atoms with Crippen molar-refractivity contribution < 1.29 is 0 Å². The third kappa shape index (κ3) is 2.77. The number of aromatic nitrogens is 1. The molecule has 2 heterocycles. The first kappa shape index (κ1) is 11.8. The molecule has 0 unspecified atom stereocenters. The highest BCUT2D eigenvalue weighted by molar-refractivity contribution is 5.57. The molecule has 0 N–H and O–H groups in total. The van der Waals surface area contributed by atoms with Crippen molar-refractivity contribution in [2.75, 3.05) is 18.0 Å². The highest BCUT2D eigenvalue weighted by Crippen LogP contribution is 2.21.